The molecule has 0 spiro atoms. The number of unbranched alkanes of at least 4 members (excludes halogenated alkanes) is 1. The van der Waals surface area contributed by atoms with E-state index in [-0.39, 0.29) is 49.1 Å². The number of amides is 1. The van der Waals surface area contributed by atoms with Gasteiger partial charge in [0.1, 0.15) is 11.7 Å². The molecule has 0 radical (unpaired) electrons. The number of nitrogens with zero attached hydrogens (tertiary/aromatic N) is 1. The maximum atomic E-state index is 14.2. The SMILES string of the molecule is CCCCSCc1coc2ccc(S(=O)(=O)N(CC(C)C)C[C@@H](O)[C@H](Cc3ccccc3)NC(=O)OC3CO[C@H]4OCC[C@@H]34)cc12. The Hall–Kier alpha value is -2.61. The van der Waals surface area contributed by atoms with Crippen molar-refractivity contribution in [3.8, 4) is 0 Å². The van der Waals surface area contributed by atoms with Crippen molar-refractivity contribution in [2.75, 3.05) is 32.1 Å². The summed E-state index contributed by atoms with van der Waals surface area (Å²) in [6.07, 6.45) is 2.23. The van der Waals surface area contributed by atoms with Gasteiger partial charge in [-0.3, -0.25) is 0 Å². The molecule has 2 aliphatic rings. The first-order chi connectivity index (χ1) is 22.2. The molecule has 5 rings (SSSR count). The highest BCUT2D eigenvalue weighted by molar-refractivity contribution is 7.98. The Bertz CT molecular complexity index is 1530. The number of benzene rings is 2. The van der Waals surface area contributed by atoms with Crippen molar-refractivity contribution < 1.29 is 36.9 Å². The Labute approximate surface area is 276 Å². The average Bonchev–Trinajstić information content (AvgIpc) is 3.76. The number of furan rings is 1. The minimum Gasteiger partial charge on any atom is -0.464 e. The molecule has 3 aromatic rings. The predicted octanol–water partition coefficient (Wildman–Crippen LogP) is 5.57. The van der Waals surface area contributed by atoms with Crippen molar-refractivity contribution in [1.82, 2.24) is 9.62 Å². The van der Waals surface area contributed by atoms with E-state index in [1.165, 1.54) is 4.31 Å². The van der Waals surface area contributed by atoms with Gasteiger partial charge in [0.25, 0.3) is 0 Å². The van der Waals surface area contributed by atoms with Crippen molar-refractivity contribution in [2.24, 2.45) is 11.8 Å². The Balaban J connectivity index is 1.34. The van der Waals surface area contributed by atoms with Crippen molar-refractivity contribution >= 4 is 38.8 Å². The molecule has 0 aliphatic carbocycles. The number of ether oxygens (including phenoxy) is 3. The monoisotopic (exact) mass is 674 g/mol. The molecule has 1 aromatic heterocycles. The molecule has 2 aliphatic heterocycles. The van der Waals surface area contributed by atoms with Crippen LogP contribution in [0.3, 0.4) is 0 Å². The van der Waals surface area contributed by atoms with Crippen LogP contribution in [0.25, 0.3) is 11.0 Å². The highest BCUT2D eigenvalue weighted by atomic mass is 32.2. The summed E-state index contributed by atoms with van der Waals surface area (Å²) in [7, 11) is -4.02. The van der Waals surface area contributed by atoms with Crippen LogP contribution in [0.5, 0.6) is 0 Å². The third-order valence-electron chi connectivity index (χ3n) is 8.43. The average molecular weight is 675 g/mol. The van der Waals surface area contributed by atoms with E-state index >= 15 is 0 Å². The van der Waals surface area contributed by atoms with E-state index in [2.05, 4.69) is 12.2 Å². The third-order valence-corrected chi connectivity index (χ3v) is 11.4. The first-order valence-electron chi connectivity index (χ1n) is 16.2. The Morgan fingerprint density at radius 2 is 1.96 bits per heavy atom. The second kappa shape index (κ2) is 16.0. The highest BCUT2D eigenvalue weighted by Gasteiger charge is 2.44. The maximum absolute atomic E-state index is 14.2. The molecule has 2 N–H and O–H groups in total. The van der Waals surface area contributed by atoms with E-state index in [1.54, 1.807) is 36.2 Å². The summed E-state index contributed by atoms with van der Waals surface area (Å²) in [5.74, 6) is 1.71. The number of carbonyl (C=O) groups excluding carboxylic acids is 1. The van der Waals surface area contributed by atoms with E-state index in [1.807, 2.05) is 44.2 Å². The molecule has 0 bridgehead atoms. The van der Waals surface area contributed by atoms with Crippen LogP contribution in [0, 0.1) is 11.8 Å². The molecule has 252 valence electrons. The van der Waals surface area contributed by atoms with E-state index in [4.69, 9.17) is 18.6 Å². The van der Waals surface area contributed by atoms with E-state index in [0.717, 1.165) is 47.3 Å². The Morgan fingerprint density at radius 1 is 1.15 bits per heavy atom. The van der Waals surface area contributed by atoms with Crippen LogP contribution in [-0.4, -0.2) is 80.5 Å². The number of rotatable bonds is 16. The van der Waals surface area contributed by atoms with Crippen molar-refractivity contribution in [1.29, 1.82) is 0 Å². The Kier molecular flexibility index (Phi) is 12.1. The zero-order valence-electron chi connectivity index (χ0n) is 26.8. The number of fused-ring (bicyclic) bond motifs is 2. The van der Waals surface area contributed by atoms with Crippen LogP contribution in [0.15, 0.2) is 64.1 Å². The summed E-state index contributed by atoms with van der Waals surface area (Å²) < 4.78 is 52.2. The highest BCUT2D eigenvalue weighted by Crippen LogP contribution is 2.33. The van der Waals surface area contributed by atoms with Crippen LogP contribution >= 0.6 is 11.8 Å². The van der Waals surface area contributed by atoms with Gasteiger partial charge >= 0.3 is 6.09 Å². The molecular formula is C34H46N2O8S2. The summed E-state index contributed by atoms with van der Waals surface area (Å²) in [6.45, 7) is 6.79. The summed E-state index contributed by atoms with van der Waals surface area (Å²) >= 11 is 1.80. The Morgan fingerprint density at radius 3 is 2.72 bits per heavy atom. The van der Waals surface area contributed by atoms with Gasteiger partial charge in [-0.15, -0.1) is 0 Å². The van der Waals surface area contributed by atoms with Gasteiger partial charge in [-0.2, -0.15) is 16.1 Å². The van der Waals surface area contributed by atoms with Gasteiger partial charge < -0.3 is 29.1 Å². The molecule has 46 heavy (non-hydrogen) atoms. The van der Waals surface area contributed by atoms with Crippen LogP contribution in [-0.2, 0) is 36.4 Å². The molecule has 2 fully saturated rings. The zero-order valence-corrected chi connectivity index (χ0v) is 28.4. The van der Waals surface area contributed by atoms with Gasteiger partial charge in [0.15, 0.2) is 6.29 Å². The quantitative estimate of drug-likeness (QED) is 0.188. The zero-order chi connectivity index (χ0) is 32.7. The van der Waals surface area contributed by atoms with Gasteiger partial charge in [0.05, 0.1) is 42.4 Å². The lowest BCUT2D eigenvalue weighted by Crippen LogP contribution is -2.51. The van der Waals surface area contributed by atoms with Gasteiger partial charge in [-0.05, 0) is 54.7 Å². The topological polar surface area (TPSA) is 128 Å². The first kappa shape index (κ1) is 34.7. The number of aliphatic hydroxyl groups is 1. The summed E-state index contributed by atoms with van der Waals surface area (Å²) in [4.78, 5) is 13.3. The van der Waals surface area contributed by atoms with E-state index in [0.29, 0.717) is 12.2 Å². The lowest BCUT2D eigenvalue weighted by Gasteiger charge is -2.31. The molecule has 3 heterocycles. The lowest BCUT2D eigenvalue weighted by molar-refractivity contribution is -0.0907. The molecule has 5 atom stereocenters. The van der Waals surface area contributed by atoms with Gasteiger partial charge in [0, 0.05) is 29.8 Å². The van der Waals surface area contributed by atoms with Crippen LogP contribution in [0.2, 0.25) is 0 Å². The lowest BCUT2D eigenvalue weighted by atomic mass is 10.0. The van der Waals surface area contributed by atoms with Crippen LogP contribution < -0.4 is 5.32 Å². The molecule has 2 aromatic carbocycles. The molecule has 1 amide bonds. The fourth-order valence-corrected chi connectivity index (χ4v) is 8.68. The van der Waals surface area contributed by atoms with E-state index < -0.39 is 34.4 Å². The number of alkyl carbamates (subject to hydrolysis) is 1. The number of nitrogens with one attached hydrogen (secondary N) is 1. The second-order valence-corrected chi connectivity index (χ2v) is 15.6. The van der Waals surface area contributed by atoms with Crippen molar-refractivity contribution in [2.45, 2.75) is 81.6 Å². The van der Waals surface area contributed by atoms with Crippen LogP contribution in [0.4, 0.5) is 4.79 Å². The molecule has 10 nitrogen and oxygen atoms in total. The summed E-state index contributed by atoms with van der Waals surface area (Å²) in [5, 5.41) is 15.2. The van der Waals surface area contributed by atoms with Gasteiger partial charge in [-0.25, -0.2) is 13.2 Å². The first-order valence-corrected chi connectivity index (χ1v) is 18.8. The number of thioether (sulfide) groups is 1. The predicted molar refractivity (Wildman–Crippen MR) is 178 cm³/mol. The molecule has 12 heteroatoms. The third kappa shape index (κ3) is 8.64. The number of hydrogen-bond donors (Lipinski definition) is 2. The summed E-state index contributed by atoms with van der Waals surface area (Å²) in [6, 6.07) is 13.5. The largest absolute Gasteiger partial charge is 0.464 e. The molecule has 0 saturated carbocycles. The second-order valence-electron chi connectivity index (χ2n) is 12.5. The fourth-order valence-electron chi connectivity index (χ4n) is 5.95. The van der Waals surface area contributed by atoms with Gasteiger partial charge in [0.2, 0.25) is 10.0 Å². The smallest absolute Gasteiger partial charge is 0.407 e. The standard InChI is InChI=1S/C34H46N2O8S2/c1-4-5-15-45-22-25-20-42-31-12-11-26(17-28(25)31)46(39,40)36(18-23(2)3)19-30(37)29(16-24-9-7-6-8-10-24)35-34(38)44-32-21-43-33-27(32)13-14-41-33/h6-12,17,20,23,27,29-30,32-33,37H,4-5,13-16,18-19,21-22H2,1-3H3,(H,35,38)/t27-,29-,30+,32?,33+/m0/s1. The molecular weight excluding hydrogens is 629 g/mol. The van der Waals surface area contributed by atoms with E-state index in [9.17, 15) is 18.3 Å². The minimum atomic E-state index is -4.02. The van der Waals surface area contributed by atoms with Crippen molar-refractivity contribution in [3.05, 3.63) is 65.9 Å². The minimum absolute atomic E-state index is 0.0143. The van der Waals surface area contributed by atoms with Crippen LogP contribution in [0.1, 0.15) is 51.2 Å². The molecule has 2 saturated heterocycles. The number of sulfonamides is 1. The van der Waals surface area contributed by atoms with Gasteiger partial charge in [-0.1, -0.05) is 57.5 Å². The maximum Gasteiger partial charge on any atom is 0.407 e. The molecule has 1 unspecified atom stereocenters. The number of hydrogen-bond acceptors (Lipinski definition) is 9. The normalized spacial score (nSPS) is 21.1. The van der Waals surface area contributed by atoms with Crippen molar-refractivity contribution in [3.63, 3.8) is 0 Å². The fraction of sp³-hybridized carbons (Fsp3) is 0.559. The summed E-state index contributed by atoms with van der Waals surface area (Å²) in [5.41, 5.74) is 2.47. The number of carbonyl (C=O) groups is 1. The number of aliphatic hydroxyl groups excluding tert-OH is 1.